The Hall–Kier alpha value is -1.16. The molecule has 1 N–H and O–H groups in total. The van der Waals surface area contributed by atoms with Crippen molar-refractivity contribution >= 4 is 17.7 Å². The van der Waals surface area contributed by atoms with Gasteiger partial charge in [-0.25, -0.2) is 0 Å². The Bertz CT molecular complexity index is 410. The second-order valence-electron chi connectivity index (χ2n) is 5.02. The number of rotatable bonds is 5. The van der Waals surface area contributed by atoms with Crippen LogP contribution in [0.25, 0.3) is 0 Å². The summed E-state index contributed by atoms with van der Waals surface area (Å²) >= 11 is 1.99. The van der Waals surface area contributed by atoms with E-state index in [4.69, 9.17) is 9.84 Å². The van der Waals surface area contributed by atoms with Crippen LogP contribution in [0.4, 0.5) is 0 Å². The van der Waals surface area contributed by atoms with Crippen LogP contribution in [0.15, 0.2) is 24.3 Å². The summed E-state index contributed by atoms with van der Waals surface area (Å²) < 4.78 is 5.93. The average Bonchev–Trinajstić information content (AvgIpc) is 2.42. The average molecular weight is 280 g/mol. The molecule has 1 atom stereocenters. The van der Waals surface area contributed by atoms with Crippen LogP contribution < -0.4 is 4.74 Å². The first kappa shape index (κ1) is 14.3. The predicted molar refractivity (Wildman–Crippen MR) is 77.9 cm³/mol. The smallest absolute Gasteiger partial charge is 0.306 e. The maximum absolute atomic E-state index is 10.8. The van der Waals surface area contributed by atoms with E-state index in [1.807, 2.05) is 36.0 Å². The third-order valence-corrected chi connectivity index (χ3v) is 4.41. The van der Waals surface area contributed by atoms with Crippen LogP contribution >= 0.6 is 11.8 Å². The zero-order valence-electron chi connectivity index (χ0n) is 11.2. The lowest BCUT2D eigenvalue weighted by Gasteiger charge is -2.22. The van der Waals surface area contributed by atoms with Gasteiger partial charge in [0.25, 0.3) is 0 Å². The fourth-order valence-electron chi connectivity index (χ4n) is 2.13. The van der Waals surface area contributed by atoms with Crippen molar-refractivity contribution in [1.82, 2.24) is 0 Å². The van der Waals surface area contributed by atoms with Gasteiger partial charge in [-0.2, -0.15) is 11.8 Å². The molecule has 4 heteroatoms. The summed E-state index contributed by atoms with van der Waals surface area (Å²) in [6.45, 7) is 1.73. The molecule has 2 rings (SSSR count). The van der Waals surface area contributed by atoms with Crippen LogP contribution in [0.5, 0.6) is 5.75 Å². The Morgan fingerprint density at radius 3 is 2.58 bits per heavy atom. The fourth-order valence-corrected chi connectivity index (χ4v) is 3.19. The van der Waals surface area contributed by atoms with Crippen molar-refractivity contribution in [3.8, 4) is 5.75 Å². The van der Waals surface area contributed by atoms with Gasteiger partial charge in [0.15, 0.2) is 0 Å². The molecule has 104 valence electrons. The summed E-state index contributed by atoms with van der Waals surface area (Å²) in [7, 11) is 0. The molecule has 1 aliphatic rings. The molecule has 1 unspecified atom stereocenters. The molecule has 0 aliphatic carbocycles. The van der Waals surface area contributed by atoms with Crippen molar-refractivity contribution in [3.05, 3.63) is 29.8 Å². The van der Waals surface area contributed by atoms with Crippen molar-refractivity contribution in [3.63, 3.8) is 0 Å². The summed E-state index contributed by atoms with van der Waals surface area (Å²) in [6.07, 6.45) is 3.13. The molecule has 0 saturated carbocycles. The maximum Gasteiger partial charge on any atom is 0.306 e. The van der Waals surface area contributed by atoms with Gasteiger partial charge >= 0.3 is 5.97 Å². The molecule has 1 saturated heterocycles. The summed E-state index contributed by atoms with van der Waals surface area (Å²) in [5.41, 5.74) is 1.04. The van der Waals surface area contributed by atoms with Crippen molar-refractivity contribution in [2.45, 2.75) is 32.3 Å². The van der Waals surface area contributed by atoms with Gasteiger partial charge in [0.1, 0.15) is 11.9 Å². The second-order valence-corrected chi connectivity index (χ2v) is 6.24. The quantitative estimate of drug-likeness (QED) is 0.899. The highest BCUT2D eigenvalue weighted by molar-refractivity contribution is 7.99. The largest absolute Gasteiger partial charge is 0.490 e. The van der Waals surface area contributed by atoms with Crippen LogP contribution in [-0.2, 0) is 11.2 Å². The van der Waals surface area contributed by atoms with Gasteiger partial charge < -0.3 is 9.84 Å². The number of hydrogen-bond donors (Lipinski definition) is 1. The predicted octanol–water partition coefficient (Wildman–Crippen LogP) is 3.22. The Balaban J connectivity index is 1.88. The fraction of sp³-hybridized carbons (Fsp3) is 0.533. The van der Waals surface area contributed by atoms with E-state index in [1.165, 1.54) is 11.5 Å². The number of carboxylic acid groups (broad SMARTS) is 1. The zero-order valence-corrected chi connectivity index (χ0v) is 12.0. The number of carboxylic acids is 1. The number of benzene rings is 1. The molecule has 0 radical (unpaired) electrons. The Labute approximate surface area is 118 Å². The monoisotopic (exact) mass is 280 g/mol. The number of aliphatic carboxylic acids is 1. The molecule has 19 heavy (non-hydrogen) atoms. The molecular weight excluding hydrogens is 260 g/mol. The van der Waals surface area contributed by atoms with E-state index in [0.717, 1.165) is 24.2 Å². The minimum absolute atomic E-state index is 0.338. The minimum atomic E-state index is -0.750. The number of ether oxygens (including phenoxy) is 1. The van der Waals surface area contributed by atoms with E-state index in [1.54, 1.807) is 6.92 Å². The second kappa shape index (κ2) is 6.85. The molecule has 0 amide bonds. The van der Waals surface area contributed by atoms with E-state index in [0.29, 0.717) is 12.5 Å². The molecule has 1 aromatic rings. The Morgan fingerprint density at radius 2 is 2.00 bits per heavy atom. The summed E-state index contributed by atoms with van der Waals surface area (Å²) in [5.74, 6) is 2.16. The topological polar surface area (TPSA) is 46.5 Å². The normalized spacial score (nSPS) is 17.9. The summed E-state index contributed by atoms with van der Waals surface area (Å²) in [4.78, 5) is 10.8. The third-order valence-electron chi connectivity index (χ3n) is 3.36. The highest BCUT2D eigenvalue weighted by Crippen LogP contribution is 2.23. The van der Waals surface area contributed by atoms with Gasteiger partial charge in [0, 0.05) is 0 Å². The maximum atomic E-state index is 10.8. The van der Waals surface area contributed by atoms with Crippen LogP contribution in [0.1, 0.15) is 25.3 Å². The van der Waals surface area contributed by atoms with Crippen molar-refractivity contribution in [1.29, 1.82) is 0 Å². The molecule has 1 fully saturated rings. The van der Waals surface area contributed by atoms with Crippen LogP contribution in [0.2, 0.25) is 0 Å². The van der Waals surface area contributed by atoms with Crippen LogP contribution in [-0.4, -0.2) is 28.7 Å². The molecular formula is C15H20O3S. The molecule has 1 aromatic carbocycles. The van der Waals surface area contributed by atoms with Gasteiger partial charge in [-0.15, -0.1) is 0 Å². The van der Waals surface area contributed by atoms with Gasteiger partial charge in [0.2, 0.25) is 0 Å². The Kier molecular flexibility index (Phi) is 5.14. The van der Waals surface area contributed by atoms with Crippen molar-refractivity contribution in [2.24, 2.45) is 5.92 Å². The van der Waals surface area contributed by atoms with E-state index in [-0.39, 0.29) is 5.92 Å². The first-order valence-corrected chi connectivity index (χ1v) is 7.87. The van der Waals surface area contributed by atoms with E-state index in [2.05, 4.69) is 0 Å². The lowest BCUT2D eigenvalue weighted by Crippen LogP contribution is -2.22. The SMILES string of the molecule is CC(Cc1ccc(OC2CCSCC2)cc1)C(=O)O. The summed E-state index contributed by atoms with van der Waals surface area (Å²) in [6, 6.07) is 7.83. The molecule has 0 aromatic heterocycles. The number of hydrogen-bond acceptors (Lipinski definition) is 3. The first-order chi connectivity index (χ1) is 9.15. The van der Waals surface area contributed by atoms with Crippen molar-refractivity contribution in [2.75, 3.05) is 11.5 Å². The van der Waals surface area contributed by atoms with Crippen molar-refractivity contribution < 1.29 is 14.6 Å². The molecule has 3 nitrogen and oxygen atoms in total. The van der Waals surface area contributed by atoms with Gasteiger partial charge in [-0.1, -0.05) is 19.1 Å². The molecule has 0 spiro atoms. The molecule has 1 aliphatic heterocycles. The van der Waals surface area contributed by atoms with E-state index < -0.39 is 5.97 Å². The minimum Gasteiger partial charge on any atom is -0.490 e. The highest BCUT2D eigenvalue weighted by Gasteiger charge is 2.15. The van der Waals surface area contributed by atoms with Crippen LogP contribution in [0, 0.1) is 5.92 Å². The van der Waals surface area contributed by atoms with E-state index in [9.17, 15) is 4.79 Å². The molecule has 0 bridgehead atoms. The standard InChI is InChI=1S/C15H20O3S/c1-11(15(16)17)10-12-2-4-13(5-3-12)18-14-6-8-19-9-7-14/h2-5,11,14H,6-10H2,1H3,(H,16,17). The highest BCUT2D eigenvalue weighted by atomic mass is 32.2. The van der Waals surface area contributed by atoms with Gasteiger partial charge in [0.05, 0.1) is 5.92 Å². The van der Waals surface area contributed by atoms with Gasteiger partial charge in [-0.05, 0) is 48.5 Å². The van der Waals surface area contributed by atoms with Crippen LogP contribution in [0.3, 0.4) is 0 Å². The number of thioether (sulfide) groups is 1. The summed E-state index contributed by atoms with van der Waals surface area (Å²) in [5, 5.41) is 8.89. The van der Waals surface area contributed by atoms with E-state index >= 15 is 0 Å². The lowest BCUT2D eigenvalue weighted by atomic mass is 10.0. The number of carbonyl (C=O) groups is 1. The zero-order chi connectivity index (χ0) is 13.7. The van der Waals surface area contributed by atoms with Gasteiger partial charge in [-0.3, -0.25) is 4.79 Å². The third kappa shape index (κ3) is 4.46. The molecule has 1 heterocycles. The Morgan fingerprint density at radius 1 is 1.37 bits per heavy atom. The first-order valence-electron chi connectivity index (χ1n) is 6.71. The lowest BCUT2D eigenvalue weighted by molar-refractivity contribution is -0.141.